The Morgan fingerprint density at radius 1 is 1.37 bits per heavy atom. The van der Waals surface area contributed by atoms with E-state index in [1.807, 2.05) is 13.8 Å². The Morgan fingerprint density at radius 3 is 2.47 bits per heavy atom. The number of nitrogens with zero attached hydrogens (tertiary/aromatic N) is 1. The third-order valence-electron chi connectivity index (χ3n) is 2.30. The fourth-order valence-corrected chi connectivity index (χ4v) is 2.16. The molecule has 0 radical (unpaired) electrons. The molecular formula is C12H19ClN2O3S. The molecule has 0 saturated heterocycles. The van der Waals surface area contributed by atoms with Crippen LogP contribution in [-0.4, -0.2) is 32.9 Å². The molecule has 0 saturated carbocycles. The van der Waals surface area contributed by atoms with Crippen molar-refractivity contribution in [2.75, 3.05) is 14.1 Å². The lowest BCUT2D eigenvalue weighted by atomic mass is 10.2. The lowest BCUT2D eigenvalue weighted by molar-refractivity contribution is 0.242. The Kier molecular flexibility index (Phi) is 5.61. The predicted molar refractivity (Wildman–Crippen MR) is 76.7 cm³/mol. The summed E-state index contributed by atoms with van der Waals surface area (Å²) in [5, 5.41) is 0.468. The van der Waals surface area contributed by atoms with Gasteiger partial charge < -0.3 is 4.74 Å². The summed E-state index contributed by atoms with van der Waals surface area (Å²) in [6, 6.07) is 5.21. The Balaban J connectivity index is 2.74. The van der Waals surface area contributed by atoms with Gasteiger partial charge in [-0.15, -0.1) is 0 Å². The molecule has 0 aliphatic rings. The molecule has 0 heterocycles. The highest BCUT2D eigenvalue weighted by molar-refractivity contribution is 7.87. The number of rotatable bonds is 6. The number of hydrogen-bond donors (Lipinski definition) is 1. The van der Waals surface area contributed by atoms with Gasteiger partial charge >= 0.3 is 0 Å². The Hall–Kier alpha value is -0.820. The van der Waals surface area contributed by atoms with Gasteiger partial charge in [-0.3, -0.25) is 0 Å². The fourth-order valence-electron chi connectivity index (χ4n) is 1.31. The third-order valence-corrected chi connectivity index (χ3v) is 4.06. The van der Waals surface area contributed by atoms with E-state index in [2.05, 4.69) is 4.72 Å². The smallest absolute Gasteiger partial charge is 0.279 e. The van der Waals surface area contributed by atoms with Crippen molar-refractivity contribution < 1.29 is 13.2 Å². The van der Waals surface area contributed by atoms with E-state index in [0.29, 0.717) is 10.8 Å². The normalized spacial score (nSPS) is 12.2. The Labute approximate surface area is 119 Å². The number of benzene rings is 1. The molecule has 1 aromatic rings. The maximum atomic E-state index is 11.6. The SMILES string of the molecule is CC(C)Oc1ccc(CNS(=O)(=O)N(C)C)cc1Cl. The summed E-state index contributed by atoms with van der Waals surface area (Å²) >= 11 is 6.07. The molecule has 19 heavy (non-hydrogen) atoms. The average molecular weight is 307 g/mol. The standard InChI is InChI=1S/C12H19ClN2O3S/c1-9(2)18-12-6-5-10(7-11(12)13)8-14-19(16,17)15(3)4/h5-7,9,14H,8H2,1-4H3. The van der Waals surface area contributed by atoms with Crippen LogP contribution in [0.1, 0.15) is 19.4 Å². The van der Waals surface area contributed by atoms with Gasteiger partial charge in [0.25, 0.3) is 10.2 Å². The molecule has 0 unspecified atom stereocenters. The number of ether oxygens (including phenoxy) is 1. The molecule has 5 nitrogen and oxygen atoms in total. The molecule has 0 amide bonds. The highest BCUT2D eigenvalue weighted by Gasteiger charge is 2.13. The van der Waals surface area contributed by atoms with Crippen LogP contribution in [0.5, 0.6) is 5.75 Å². The van der Waals surface area contributed by atoms with Gasteiger partial charge in [-0.25, -0.2) is 0 Å². The molecule has 1 N–H and O–H groups in total. The quantitative estimate of drug-likeness (QED) is 0.875. The second-order valence-electron chi connectivity index (χ2n) is 4.54. The topological polar surface area (TPSA) is 58.6 Å². The molecule has 0 spiro atoms. The van der Waals surface area contributed by atoms with Crippen LogP contribution in [0, 0.1) is 0 Å². The predicted octanol–water partition coefficient (Wildman–Crippen LogP) is 2.02. The van der Waals surface area contributed by atoms with E-state index in [1.54, 1.807) is 18.2 Å². The highest BCUT2D eigenvalue weighted by Crippen LogP contribution is 2.26. The summed E-state index contributed by atoms with van der Waals surface area (Å²) in [5.74, 6) is 0.593. The first kappa shape index (κ1) is 16.2. The van der Waals surface area contributed by atoms with E-state index in [-0.39, 0.29) is 12.6 Å². The largest absolute Gasteiger partial charge is 0.489 e. The van der Waals surface area contributed by atoms with Crippen LogP contribution in [0.4, 0.5) is 0 Å². The van der Waals surface area contributed by atoms with Gasteiger partial charge in [0.2, 0.25) is 0 Å². The van der Waals surface area contributed by atoms with Crippen molar-refractivity contribution in [1.82, 2.24) is 9.03 Å². The summed E-state index contributed by atoms with van der Waals surface area (Å²) in [4.78, 5) is 0. The molecule has 1 aromatic carbocycles. The average Bonchev–Trinajstić information content (AvgIpc) is 2.29. The Bertz CT molecular complexity index is 530. The number of halogens is 1. The van der Waals surface area contributed by atoms with Crippen molar-refractivity contribution in [3.63, 3.8) is 0 Å². The molecule has 0 bridgehead atoms. The highest BCUT2D eigenvalue weighted by atomic mass is 35.5. The van der Waals surface area contributed by atoms with E-state index in [0.717, 1.165) is 9.87 Å². The molecule has 0 aliphatic carbocycles. The van der Waals surface area contributed by atoms with Gasteiger partial charge in [0.15, 0.2) is 0 Å². The zero-order chi connectivity index (χ0) is 14.6. The van der Waals surface area contributed by atoms with Gasteiger partial charge in [0.05, 0.1) is 11.1 Å². The molecule has 0 fully saturated rings. The number of nitrogens with one attached hydrogen (secondary N) is 1. The molecule has 0 aromatic heterocycles. The summed E-state index contributed by atoms with van der Waals surface area (Å²) in [5.41, 5.74) is 0.770. The van der Waals surface area contributed by atoms with Crippen molar-refractivity contribution in [3.05, 3.63) is 28.8 Å². The van der Waals surface area contributed by atoms with Crippen LogP contribution in [-0.2, 0) is 16.8 Å². The van der Waals surface area contributed by atoms with E-state index < -0.39 is 10.2 Å². The lowest BCUT2D eigenvalue weighted by Gasteiger charge is -2.14. The summed E-state index contributed by atoms with van der Waals surface area (Å²) in [6.45, 7) is 4.01. The summed E-state index contributed by atoms with van der Waals surface area (Å²) in [6.07, 6.45) is 0.0376. The van der Waals surface area contributed by atoms with E-state index in [4.69, 9.17) is 16.3 Å². The molecular weight excluding hydrogens is 288 g/mol. The summed E-state index contributed by atoms with van der Waals surface area (Å²) in [7, 11) is -0.495. The van der Waals surface area contributed by atoms with Crippen molar-refractivity contribution in [2.45, 2.75) is 26.5 Å². The molecule has 108 valence electrons. The van der Waals surface area contributed by atoms with Gasteiger partial charge in [0.1, 0.15) is 5.75 Å². The van der Waals surface area contributed by atoms with Crippen molar-refractivity contribution in [2.24, 2.45) is 0 Å². The fraction of sp³-hybridized carbons (Fsp3) is 0.500. The van der Waals surface area contributed by atoms with Crippen LogP contribution in [0.3, 0.4) is 0 Å². The van der Waals surface area contributed by atoms with Gasteiger partial charge in [-0.1, -0.05) is 17.7 Å². The van der Waals surface area contributed by atoms with Gasteiger partial charge in [-0.2, -0.15) is 17.4 Å². The van der Waals surface area contributed by atoms with Crippen molar-refractivity contribution in [3.8, 4) is 5.75 Å². The van der Waals surface area contributed by atoms with Crippen LogP contribution in [0.2, 0.25) is 5.02 Å². The van der Waals surface area contributed by atoms with Gasteiger partial charge in [-0.05, 0) is 31.5 Å². The number of hydrogen-bond acceptors (Lipinski definition) is 3. The first-order valence-electron chi connectivity index (χ1n) is 5.84. The zero-order valence-corrected chi connectivity index (χ0v) is 13.0. The van der Waals surface area contributed by atoms with Gasteiger partial charge in [0, 0.05) is 20.6 Å². The van der Waals surface area contributed by atoms with Crippen molar-refractivity contribution in [1.29, 1.82) is 0 Å². The Morgan fingerprint density at radius 2 is 2.00 bits per heavy atom. The molecule has 7 heteroatoms. The monoisotopic (exact) mass is 306 g/mol. The maximum absolute atomic E-state index is 11.6. The minimum atomic E-state index is -3.43. The molecule has 0 aliphatic heterocycles. The first-order chi connectivity index (χ1) is 8.72. The summed E-state index contributed by atoms with van der Waals surface area (Å²) < 4.78 is 32.2. The maximum Gasteiger partial charge on any atom is 0.279 e. The minimum absolute atomic E-state index is 0.0376. The first-order valence-corrected chi connectivity index (χ1v) is 7.66. The second-order valence-corrected chi connectivity index (χ2v) is 6.92. The van der Waals surface area contributed by atoms with E-state index in [9.17, 15) is 8.42 Å². The second kappa shape index (κ2) is 6.56. The zero-order valence-electron chi connectivity index (χ0n) is 11.5. The third kappa shape index (κ3) is 4.99. The molecule has 0 atom stereocenters. The minimum Gasteiger partial charge on any atom is -0.489 e. The van der Waals surface area contributed by atoms with E-state index in [1.165, 1.54) is 14.1 Å². The van der Waals surface area contributed by atoms with Crippen LogP contribution in [0.25, 0.3) is 0 Å². The molecule has 1 rings (SSSR count). The van der Waals surface area contributed by atoms with Crippen LogP contribution >= 0.6 is 11.6 Å². The van der Waals surface area contributed by atoms with Crippen molar-refractivity contribution >= 4 is 21.8 Å². The lowest BCUT2D eigenvalue weighted by Crippen LogP contribution is -2.35. The van der Waals surface area contributed by atoms with E-state index >= 15 is 0 Å². The van der Waals surface area contributed by atoms with Crippen LogP contribution in [0.15, 0.2) is 18.2 Å². The van der Waals surface area contributed by atoms with Crippen LogP contribution < -0.4 is 9.46 Å².